The third kappa shape index (κ3) is 1.85. The molecule has 0 saturated carbocycles. The minimum atomic E-state index is -0.561. The van der Waals surface area contributed by atoms with Gasteiger partial charge in [0.1, 0.15) is 25.2 Å². The second kappa shape index (κ2) is 4.73. The Labute approximate surface area is 127 Å². The van der Waals surface area contributed by atoms with Crippen LogP contribution < -0.4 is 10.2 Å². The minimum absolute atomic E-state index is 0.000501. The number of fused-ring (bicyclic) bond motifs is 2. The molecule has 0 fully saturated rings. The van der Waals surface area contributed by atoms with Gasteiger partial charge in [0, 0.05) is 17.5 Å². The molecule has 0 aliphatic carbocycles. The molecule has 0 N–H and O–H groups in total. The lowest BCUT2D eigenvalue weighted by atomic mass is 9.89. The number of esters is 1. The summed E-state index contributed by atoms with van der Waals surface area (Å²) in [4.78, 5) is 11.8. The van der Waals surface area contributed by atoms with E-state index in [2.05, 4.69) is 0 Å². The van der Waals surface area contributed by atoms with E-state index in [1.54, 1.807) is 30.3 Å². The normalized spacial score (nSPS) is 17.1. The molecule has 2 radical (unpaired) electrons. The lowest BCUT2D eigenvalue weighted by Crippen LogP contribution is -2.13. The Morgan fingerprint density at radius 1 is 1.23 bits per heavy atom. The van der Waals surface area contributed by atoms with Crippen LogP contribution in [0, 0.1) is 5.82 Å². The third-order valence-corrected chi connectivity index (χ3v) is 3.88. The summed E-state index contributed by atoms with van der Waals surface area (Å²) in [5.41, 5.74) is 2.29. The van der Waals surface area contributed by atoms with Gasteiger partial charge in [-0.15, -0.1) is 0 Å². The highest BCUT2D eigenvalue weighted by atomic mass is 19.1. The first kappa shape index (κ1) is 13.1. The zero-order valence-electron chi connectivity index (χ0n) is 11.6. The van der Waals surface area contributed by atoms with E-state index in [4.69, 9.17) is 17.3 Å². The smallest absolute Gasteiger partial charge is 0.344 e. The summed E-state index contributed by atoms with van der Waals surface area (Å²) in [6.45, 7) is 0.497. The van der Waals surface area contributed by atoms with Crippen LogP contribution in [0.5, 0.6) is 5.75 Å². The van der Waals surface area contributed by atoms with E-state index in [1.165, 1.54) is 6.08 Å². The molecule has 0 aromatic heterocycles. The molecule has 2 aromatic carbocycles. The highest BCUT2D eigenvalue weighted by molar-refractivity contribution is 6.35. The van der Waals surface area contributed by atoms with Crippen LogP contribution in [0.4, 0.5) is 4.39 Å². The van der Waals surface area contributed by atoms with Gasteiger partial charge < -0.3 is 9.47 Å². The molecule has 0 spiro atoms. The minimum Gasteiger partial charge on any atom is -0.493 e. The summed E-state index contributed by atoms with van der Waals surface area (Å²) in [6, 6.07) is 8.70. The van der Waals surface area contributed by atoms with Crippen LogP contribution in [0.2, 0.25) is 0 Å². The van der Waals surface area contributed by atoms with Crippen molar-refractivity contribution in [3.63, 3.8) is 0 Å². The zero-order valence-corrected chi connectivity index (χ0v) is 11.6. The third-order valence-electron chi connectivity index (χ3n) is 3.88. The maximum atomic E-state index is 14.4. The molecule has 0 amide bonds. The number of hydrogen-bond donors (Lipinski definition) is 0. The molecule has 0 atom stereocenters. The van der Waals surface area contributed by atoms with Crippen LogP contribution in [0.3, 0.4) is 0 Å². The van der Waals surface area contributed by atoms with Gasteiger partial charge in [0.05, 0.1) is 12.2 Å². The largest absolute Gasteiger partial charge is 0.493 e. The number of hydrogen-bond acceptors (Lipinski definition) is 3. The standard InChI is InChI=1S/C17H10BFO3/c18-14-15(19)10(7-9-5-6-21-16(9)14)8-13-11-3-1-2-4-12(11)17(20)22-13/h1-4,7-8H,5-6H2/b13-8-. The predicted octanol–water partition coefficient (Wildman–Crippen LogP) is 2.22. The van der Waals surface area contributed by atoms with Gasteiger partial charge in [0.25, 0.3) is 0 Å². The van der Waals surface area contributed by atoms with Crippen LogP contribution >= 0.6 is 0 Å². The molecule has 4 rings (SSSR count). The first-order valence-electron chi connectivity index (χ1n) is 6.92. The van der Waals surface area contributed by atoms with Gasteiger partial charge >= 0.3 is 5.97 Å². The van der Waals surface area contributed by atoms with Gasteiger partial charge in [-0.3, -0.25) is 0 Å². The SMILES string of the molecule is [B]c1c(F)c(/C=C2\OC(=O)c3ccccc32)cc2c1OCC2. The van der Waals surface area contributed by atoms with Crippen molar-refractivity contribution in [1.82, 2.24) is 0 Å². The summed E-state index contributed by atoms with van der Waals surface area (Å²) in [7, 11) is 5.79. The average Bonchev–Trinajstić information content (AvgIpc) is 3.11. The molecule has 0 saturated heterocycles. The summed E-state index contributed by atoms with van der Waals surface area (Å²) < 4.78 is 25.0. The number of halogens is 1. The Morgan fingerprint density at radius 2 is 2.00 bits per heavy atom. The fraction of sp³-hybridized carbons (Fsp3) is 0.118. The lowest BCUT2D eigenvalue weighted by Gasteiger charge is -2.09. The van der Waals surface area contributed by atoms with Gasteiger partial charge in [0.2, 0.25) is 0 Å². The fourth-order valence-electron chi connectivity index (χ4n) is 2.80. The topological polar surface area (TPSA) is 35.5 Å². The van der Waals surface area contributed by atoms with E-state index in [9.17, 15) is 9.18 Å². The van der Waals surface area contributed by atoms with Gasteiger partial charge in [-0.1, -0.05) is 18.2 Å². The van der Waals surface area contributed by atoms with Gasteiger partial charge in [-0.2, -0.15) is 0 Å². The zero-order chi connectivity index (χ0) is 15.3. The number of rotatable bonds is 1. The molecule has 3 nitrogen and oxygen atoms in total. The van der Waals surface area contributed by atoms with Gasteiger partial charge in [-0.25, -0.2) is 9.18 Å². The van der Waals surface area contributed by atoms with Crippen molar-refractivity contribution in [3.05, 3.63) is 58.4 Å². The lowest BCUT2D eigenvalue weighted by molar-refractivity contribution is 0.0717. The molecule has 106 valence electrons. The second-order valence-corrected chi connectivity index (χ2v) is 5.22. The average molecular weight is 292 g/mol. The van der Waals surface area contributed by atoms with Gasteiger partial charge in [-0.05, 0) is 29.2 Å². The van der Waals surface area contributed by atoms with Gasteiger partial charge in [0.15, 0.2) is 0 Å². The van der Waals surface area contributed by atoms with Crippen molar-refractivity contribution in [1.29, 1.82) is 0 Å². The van der Waals surface area contributed by atoms with E-state index < -0.39 is 11.8 Å². The maximum absolute atomic E-state index is 14.4. The molecule has 22 heavy (non-hydrogen) atoms. The van der Waals surface area contributed by atoms with E-state index in [1.807, 2.05) is 0 Å². The van der Waals surface area contributed by atoms with Crippen molar-refractivity contribution >= 4 is 31.1 Å². The number of ether oxygens (including phenoxy) is 2. The predicted molar refractivity (Wildman–Crippen MR) is 80.7 cm³/mol. The first-order chi connectivity index (χ1) is 10.6. The molecule has 5 heteroatoms. The quantitative estimate of drug-likeness (QED) is 0.597. The van der Waals surface area contributed by atoms with Crippen molar-refractivity contribution in [3.8, 4) is 5.75 Å². The fourth-order valence-corrected chi connectivity index (χ4v) is 2.80. The Bertz CT molecular complexity index is 842. The van der Waals surface area contributed by atoms with Crippen molar-refractivity contribution in [2.45, 2.75) is 6.42 Å². The summed E-state index contributed by atoms with van der Waals surface area (Å²) in [5, 5.41) is 0. The number of cyclic esters (lactones) is 1. The molecule has 2 aliphatic heterocycles. The van der Waals surface area contributed by atoms with Crippen LogP contribution in [0.15, 0.2) is 30.3 Å². The Balaban J connectivity index is 1.85. The Kier molecular flexibility index (Phi) is 2.82. The van der Waals surface area contributed by atoms with E-state index in [-0.39, 0.29) is 5.46 Å². The summed E-state index contributed by atoms with van der Waals surface area (Å²) in [5.74, 6) is -0.241. The van der Waals surface area contributed by atoms with E-state index in [0.29, 0.717) is 41.2 Å². The van der Waals surface area contributed by atoms with Crippen molar-refractivity contribution in [2.24, 2.45) is 0 Å². The van der Waals surface area contributed by atoms with Crippen LogP contribution in [-0.4, -0.2) is 20.4 Å². The molecular formula is C17H10BFO3. The molecule has 2 aliphatic rings. The number of carbonyl (C=O) groups excluding carboxylic acids is 1. The Hall–Kier alpha value is -2.56. The monoisotopic (exact) mass is 292 g/mol. The highest BCUT2D eigenvalue weighted by Crippen LogP contribution is 2.33. The molecule has 2 aromatic rings. The summed E-state index contributed by atoms with van der Waals surface area (Å²) in [6.07, 6.45) is 2.19. The second-order valence-electron chi connectivity index (χ2n) is 5.22. The molecule has 0 bridgehead atoms. The molecule has 2 heterocycles. The van der Waals surface area contributed by atoms with Crippen molar-refractivity contribution < 1.29 is 18.7 Å². The van der Waals surface area contributed by atoms with E-state index >= 15 is 0 Å². The van der Waals surface area contributed by atoms with Crippen LogP contribution in [0.1, 0.15) is 27.0 Å². The number of benzene rings is 2. The maximum Gasteiger partial charge on any atom is 0.344 e. The summed E-state index contributed by atoms with van der Waals surface area (Å²) >= 11 is 0. The van der Waals surface area contributed by atoms with Crippen LogP contribution in [0.25, 0.3) is 11.8 Å². The molecule has 0 unspecified atom stereocenters. The van der Waals surface area contributed by atoms with Crippen molar-refractivity contribution in [2.75, 3.05) is 6.61 Å². The highest BCUT2D eigenvalue weighted by Gasteiger charge is 2.27. The van der Waals surface area contributed by atoms with E-state index in [0.717, 1.165) is 5.56 Å². The number of carbonyl (C=O) groups is 1. The first-order valence-corrected chi connectivity index (χ1v) is 6.92. The molecular weight excluding hydrogens is 282 g/mol. The Morgan fingerprint density at radius 3 is 2.82 bits per heavy atom. The van der Waals surface area contributed by atoms with Crippen LogP contribution in [-0.2, 0) is 11.2 Å².